The number of carbonyl (C=O) groups is 1. The summed E-state index contributed by atoms with van der Waals surface area (Å²) in [5.74, 6) is -0.114. The summed E-state index contributed by atoms with van der Waals surface area (Å²) in [5, 5.41) is 7.15. The lowest BCUT2D eigenvalue weighted by Crippen LogP contribution is -2.34. The van der Waals surface area contributed by atoms with Crippen molar-refractivity contribution in [2.75, 3.05) is 25.0 Å². The van der Waals surface area contributed by atoms with Gasteiger partial charge in [0.2, 0.25) is 5.91 Å². The zero-order chi connectivity index (χ0) is 14.5. The fourth-order valence-corrected chi connectivity index (χ4v) is 2.51. The Kier molecular flexibility index (Phi) is 4.43. The molecule has 0 unspecified atom stereocenters. The van der Waals surface area contributed by atoms with Crippen LogP contribution < -0.4 is 10.6 Å². The van der Waals surface area contributed by atoms with Crippen LogP contribution in [0.4, 0.5) is 5.69 Å². The first-order valence-corrected chi connectivity index (χ1v) is 7.28. The molecule has 1 fully saturated rings. The molecule has 2 aromatic rings. The minimum absolute atomic E-state index is 0.107. The largest absolute Gasteiger partial charge is 0.368 e. The Morgan fingerprint density at radius 2 is 2.19 bits per heavy atom. The lowest BCUT2D eigenvalue weighted by atomic mass is 10.1. The number of hydrogen-bond donors (Lipinski definition) is 2. The third kappa shape index (κ3) is 3.77. The van der Waals surface area contributed by atoms with Crippen molar-refractivity contribution in [1.82, 2.24) is 10.3 Å². The Labute approximate surface area is 123 Å². The highest BCUT2D eigenvalue weighted by molar-refractivity contribution is 5.94. The van der Waals surface area contributed by atoms with E-state index < -0.39 is 0 Å². The van der Waals surface area contributed by atoms with Gasteiger partial charge in [0, 0.05) is 17.3 Å². The van der Waals surface area contributed by atoms with Crippen molar-refractivity contribution < 1.29 is 9.53 Å². The van der Waals surface area contributed by atoms with Gasteiger partial charge in [-0.25, -0.2) is 0 Å². The summed E-state index contributed by atoms with van der Waals surface area (Å²) in [4.78, 5) is 16.2. The van der Waals surface area contributed by atoms with E-state index in [0.717, 1.165) is 42.5 Å². The Balaban J connectivity index is 1.55. The maximum absolute atomic E-state index is 11.9. The van der Waals surface area contributed by atoms with Crippen LogP contribution in [0.5, 0.6) is 0 Å². The summed E-state index contributed by atoms with van der Waals surface area (Å²) in [6, 6.07) is 9.54. The molecule has 110 valence electrons. The number of fused-ring (bicyclic) bond motifs is 1. The second-order valence-corrected chi connectivity index (χ2v) is 5.22. The zero-order valence-electron chi connectivity index (χ0n) is 11.8. The molecule has 1 aromatic carbocycles. The third-order valence-electron chi connectivity index (χ3n) is 3.62. The number of ether oxygens (including phenoxy) is 1. The first-order chi connectivity index (χ1) is 10.3. The number of nitrogens with one attached hydrogen (secondary N) is 2. The molecule has 3 rings (SSSR count). The van der Waals surface area contributed by atoms with E-state index in [1.165, 1.54) is 0 Å². The van der Waals surface area contributed by atoms with Crippen molar-refractivity contribution in [3.63, 3.8) is 0 Å². The molecule has 0 bridgehead atoms. The van der Waals surface area contributed by atoms with Gasteiger partial charge in [-0.2, -0.15) is 0 Å². The van der Waals surface area contributed by atoms with Crippen LogP contribution in [0.1, 0.15) is 12.8 Å². The number of benzene rings is 1. The second kappa shape index (κ2) is 6.65. The number of anilines is 1. The van der Waals surface area contributed by atoms with E-state index in [-0.39, 0.29) is 18.6 Å². The number of carbonyl (C=O) groups excluding carboxylic acids is 1. The highest BCUT2D eigenvalue weighted by Crippen LogP contribution is 2.17. The van der Waals surface area contributed by atoms with Gasteiger partial charge in [-0.1, -0.05) is 6.07 Å². The standard InChI is InChI=1S/C16H19N3O2/c20-16(11-21-14-5-8-17-9-6-14)19-13-3-4-15-12(10-13)2-1-7-18-15/h1-4,7,10,14,17H,5-6,8-9,11H2,(H,19,20). The Hall–Kier alpha value is -1.98. The van der Waals surface area contributed by atoms with Gasteiger partial charge in [0.25, 0.3) is 0 Å². The molecule has 1 aliphatic rings. The topological polar surface area (TPSA) is 63.2 Å². The normalized spacial score (nSPS) is 16.0. The van der Waals surface area contributed by atoms with Gasteiger partial charge < -0.3 is 15.4 Å². The molecular weight excluding hydrogens is 266 g/mol. The average Bonchev–Trinajstić information content (AvgIpc) is 2.54. The van der Waals surface area contributed by atoms with Crippen molar-refractivity contribution >= 4 is 22.5 Å². The van der Waals surface area contributed by atoms with Gasteiger partial charge in [-0.3, -0.25) is 9.78 Å². The molecule has 1 saturated heterocycles. The maximum Gasteiger partial charge on any atom is 0.250 e. The monoisotopic (exact) mass is 285 g/mol. The van der Waals surface area contributed by atoms with Crippen molar-refractivity contribution in [2.45, 2.75) is 18.9 Å². The molecule has 5 heteroatoms. The molecule has 5 nitrogen and oxygen atoms in total. The van der Waals surface area contributed by atoms with Crippen molar-refractivity contribution in [1.29, 1.82) is 0 Å². The molecule has 0 radical (unpaired) electrons. The van der Waals surface area contributed by atoms with Crippen LogP contribution in [-0.2, 0) is 9.53 Å². The van der Waals surface area contributed by atoms with Crippen LogP contribution in [-0.4, -0.2) is 36.7 Å². The fraction of sp³-hybridized carbons (Fsp3) is 0.375. The van der Waals surface area contributed by atoms with Gasteiger partial charge >= 0.3 is 0 Å². The second-order valence-electron chi connectivity index (χ2n) is 5.22. The molecule has 1 amide bonds. The molecule has 1 aliphatic heterocycles. The summed E-state index contributed by atoms with van der Waals surface area (Å²) in [6.07, 6.45) is 3.88. The summed E-state index contributed by atoms with van der Waals surface area (Å²) >= 11 is 0. The van der Waals surface area contributed by atoms with Crippen LogP contribution in [0.15, 0.2) is 36.5 Å². The number of piperidine rings is 1. The predicted molar refractivity (Wildman–Crippen MR) is 82.2 cm³/mol. The molecule has 1 aromatic heterocycles. The number of amides is 1. The van der Waals surface area contributed by atoms with Crippen molar-refractivity contribution in [3.05, 3.63) is 36.5 Å². The number of rotatable bonds is 4. The van der Waals surface area contributed by atoms with Crippen molar-refractivity contribution in [3.8, 4) is 0 Å². The molecule has 2 N–H and O–H groups in total. The van der Waals surface area contributed by atoms with E-state index in [4.69, 9.17) is 4.74 Å². The Morgan fingerprint density at radius 1 is 1.33 bits per heavy atom. The van der Waals surface area contributed by atoms with Gasteiger partial charge in [-0.15, -0.1) is 0 Å². The van der Waals surface area contributed by atoms with Gasteiger partial charge in [-0.05, 0) is 50.2 Å². The summed E-state index contributed by atoms with van der Waals surface area (Å²) in [5.41, 5.74) is 1.69. The van der Waals surface area contributed by atoms with Crippen molar-refractivity contribution in [2.24, 2.45) is 0 Å². The summed E-state index contributed by atoms with van der Waals surface area (Å²) in [7, 11) is 0. The SMILES string of the molecule is O=C(COC1CCNCC1)Nc1ccc2ncccc2c1. The number of hydrogen-bond acceptors (Lipinski definition) is 4. The smallest absolute Gasteiger partial charge is 0.250 e. The number of nitrogens with zero attached hydrogens (tertiary/aromatic N) is 1. The van der Waals surface area contributed by atoms with E-state index in [0.29, 0.717) is 0 Å². The average molecular weight is 285 g/mol. The van der Waals surface area contributed by atoms with Gasteiger partial charge in [0.1, 0.15) is 6.61 Å². The minimum Gasteiger partial charge on any atom is -0.368 e. The molecule has 0 spiro atoms. The van der Waals surface area contributed by atoms with E-state index >= 15 is 0 Å². The van der Waals surface area contributed by atoms with Gasteiger partial charge in [0.05, 0.1) is 11.6 Å². The molecule has 0 aliphatic carbocycles. The minimum atomic E-state index is -0.114. The van der Waals surface area contributed by atoms with Gasteiger partial charge in [0.15, 0.2) is 0 Å². The Bertz CT molecular complexity index is 624. The lowest BCUT2D eigenvalue weighted by Gasteiger charge is -2.22. The molecule has 0 saturated carbocycles. The molecular formula is C16H19N3O2. The highest BCUT2D eigenvalue weighted by Gasteiger charge is 2.14. The van der Waals surface area contributed by atoms with E-state index in [1.54, 1.807) is 6.20 Å². The Morgan fingerprint density at radius 3 is 3.05 bits per heavy atom. The number of aromatic nitrogens is 1. The quantitative estimate of drug-likeness (QED) is 0.901. The number of pyridine rings is 1. The third-order valence-corrected chi connectivity index (χ3v) is 3.62. The maximum atomic E-state index is 11.9. The molecule has 2 heterocycles. The van der Waals surface area contributed by atoms with E-state index in [2.05, 4.69) is 15.6 Å². The lowest BCUT2D eigenvalue weighted by molar-refractivity contribution is -0.123. The first kappa shape index (κ1) is 14.0. The van der Waals surface area contributed by atoms with Crippen LogP contribution in [0.2, 0.25) is 0 Å². The molecule has 21 heavy (non-hydrogen) atoms. The van der Waals surface area contributed by atoms with Crippen LogP contribution in [0.3, 0.4) is 0 Å². The van der Waals surface area contributed by atoms with E-state index in [1.807, 2.05) is 30.3 Å². The zero-order valence-corrected chi connectivity index (χ0v) is 11.8. The fourth-order valence-electron chi connectivity index (χ4n) is 2.51. The van der Waals surface area contributed by atoms with Crippen LogP contribution in [0.25, 0.3) is 10.9 Å². The summed E-state index contributed by atoms with van der Waals surface area (Å²) < 4.78 is 5.64. The van der Waals surface area contributed by atoms with Crippen LogP contribution >= 0.6 is 0 Å². The predicted octanol–water partition coefficient (Wildman–Crippen LogP) is 1.94. The highest BCUT2D eigenvalue weighted by atomic mass is 16.5. The van der Waals surface area contributed by atoms with Crippen LogP contribution in [0, 0.1) is 0 Å². The first-order valence-electron chi connectivity index (χ1n) is 7.28. The van der Waals surface area contributed by atoms with E-state index in [9.17, 15) is 4.79 Å². The molecule has 0 atom stereocenters. The summed E-state index contributed by atoms with van der Waals surface area (Å²) in [6.45, 7) is 2.03.